The van der Waals surface area contributed by atoms with Crippen LogP contribution in [0.5, 0.6) is 0 Å². The molecule has 1 fully saturated rings. The maximum Gasteiger partial charge on any atom is 0.264 e. The number of amides is 1. The molecule has 5 rings (SSSR count). The van der Waals surface area contributed by atoms with Gasteiger partial charge < -0.3 is 20.8 Å². The standard InChI is InChI=1S/C27H26FN5O3S/c28-23-9-16(3-4-18(23)11-29)22-10-25(27(36)32-7-1-2-20(30)13-32)37-26(22)17-5-6-24-19(8-17)12-31-33(24)14-21(35)15-34/h3-6,8-10,12,20-21,34-35H,1-2,7,13-15,30H2/t20-,21?/m1/s1. The Morgan fingerprint density at radius 1 is 1.27 bits per heavy atom. The van der Waals surface area contributed by atoms with E-state index in [2.05, 4.69) is 5.10 Å². The van der Waals surface area contributed by atoms with E-state index in [0.717, 1.165) is 34.2 Å². The normalized spacial score (nSPS) is 16.6. The molecule has 1 saturated heterocycles. The monoisotopic (exact) mass is 519 g/mol. The van der Waals surface area contributed by atoms with E-state index in [0.29, 0.717) is 29.1 Å². The van der Waals surface area contributed by atoms with Crippen molar-refractivity contribution in [3.05, 3.63) is 64.9 Å². The molecule has 2 aromatic heterocycles. The number of aliphatic hydroxyl groups is 2. The smallest absolute Gasteiger partial charge is 0.264 e. The van der Waals surface area contributed by atoms with Crippen molar-refractivity contribution < 1.29 is 19.4 Å². The van der Waals surface area contributed by atoms with Crippen molar-refractivity contribution in [2.24, 2.45) is 5.73 Å². The van der Waals surface area contributed by atoms with Crippen LogP contribution in [-0.4, -0.2) is 62.6 Å². The number of likely N-dealkylation sites (tertiary alicyclic amines) is 1. The van der Waals surface area contributed by atoms with Gasteiger partial charge in [-0.15, -0.1) is 11.3 Å². The molecular weight excluding hydrogens is 493 g/mol. The summed E-state index contributed by atoms with van der Waals surface area (Å²) in [6.07, 6.45) is 2.50. The van der Waals surface area contributed by atoms with Gasteiger partial charge in [-0.05, 0) is 54.3 Å². The first-order valence-corrected chi connectivity index (χ1v) is 12.8. The zero-order valence-electron chi connectivity index (χ0n) is 20.0. The number of fused-ring (bicyclic) bond motifs is 1. The van der Waals surface area contributed by atoms with Gasteiger partial charge in [-0.3, -0.25) is 9.48 Å². The molecular formula is C27H26FN5O3S. The van der Waals surface area contributed by atoms with Crippen LogP contribution in [0.2, 0.25) is 0 Å². The molecule has 1 aliphatic rings. The second-order valence-electron chi connectivity index (χ2n) is 9.25. The summed E-state index contributed by atoms with van der Waals surface area (Å²) in [5.74, 6) is -0.722. The predicted molar refractivity (Wildman–Crippen MR) is 139 cm³/mol. The quantitative estimate of drug-likeness (QED) is 0.358. The summed E-state index contributed by atoms with van der Waals surface area (Å²) >= 11 is 1.34. The van der Waals surface area contributed by atoms with Crippen LogP contribution in [0.1, 0.15) is 28.1 Å². The Balaban J connectivity index is 1.58. The fourth-order valence-corrected chi connectivity index (χ4v) is 5.82. The SMILES string of the molecule is N#Cc1ccc(-c2cc(C(=O)N3CCC[C@@H](N)C3)sc2-c2ccc3c(cnn3CC(O)CO)c2)cc1F. The summed E-state index contributed by atoms with van der Waals surface area (Å²) in [4.78, 5) is 16.5. The first-order valence-electron chi connectivity index (χ1n) is 12.0. The van der Waals surface area contributed by atoms with Gasteiger partial charge in [0.2, 0.25) is 0 Å². The van der Waals surface area contributed by atoms with Gasteiger partial charge in [0, 0.05) is 35.0 Å². The number of nitriles is 1. The highest BCUT2D eigenvalue weighted by Crippen LogP contribution is 2.41. The van der Waals surface area contributed by atoms with Gasteiger partial charge in [0.05, 0.1) is 41.4 Å². The molecule has 4 N–H and O–H groups in total. The Hall–Kier alpha value is -3.62. The number of nitrogens with zero attached hydrogens (tertiary/aromatic N) is 4. The number of aromatic nitrogens is 2. The minimum Gasteiger partial charge on any atom is -0.394 e. The number of carbonyl (C=O) groups is 1. The van der Waals surface area contributed by atoms with Crippen LogP contribution in [0.3, 0.4) is 0 Å². The van der Waals surface area contributed by atoms with Crippen LogP contribution >= 0.6 is 11.3 Å². The van der Waals surface area contributed by atoms with E-state index >= 15 is 0 Å². The highest BCUT2D eigenvalue weighted by Gasteiger charge is 2.26. The largest absolute Gasteiger partial charge is 0.394 e. The number of carbonyl (C=O) groups excluding carboxylic acids is 1. The molecule has 1 aliphatic heterocycles. The zero-order valence-corrected chi connectivity index (χ0v) is 20.8. The van der Waals surface area contributed by atoms with Crippen LogP contribution in [0.15, 0.2) is 48.7 Å². The molecule has 4 aromatic rings. The highest BCUT2D eigenvalue weighted by atomic mass is 32.1. The van der Waals surface area contributed by atoms with E-state index in [-0.39, 0.29) is 30.7 Å². The van der Waals surface area contributed by atoms with Crippen LogP contribution in [0.4, 0.5) is 4.39 Å². The number of benzene rings is 2. The highest BCUT2D eigenvalue weighted by molar-refractivity contribution is 7.18. The fourth-order valence-electron chi connectivity index (χ4n) is 4.68. The number of rotatable bonds is 6. The van der Waals surface area contributed by atoms with E-state index < -0.39 is 11.9 Å². The van der Waals surface area contributed by atoms with Crippen molar-refractivity contribution in [2.45, 2.75) is 31.5 Å². The van der Waals surface area contributed by atoms with Crippen LogP contribution in [0.25, 0.3) is 32.5 Å². The lowest BCUT2D eigenvalue weighted by atomic mass is 10.00. The van der Waals surface area contributed by atoms with Gasteiger partial charge in [-0.2, -0.15) is 10.4 Å². The number of hydrogen-bond donors (Lipinski definition) is 3. The van der Waals surface area contributed by atoms with Gasteiger partial charge in [-0.25, -0.2) is 4.39 Å². The minimum atomic E-state index is -0.922. The first-order chi connectivity index (χ1) is 17.9. The first kappa shape index (κ1) is 25.0. The summed E-state index contributed by atoms with van der Waals surface area (Å²) in [7, 11) is 0. The van der Waals surface area contributed by atoms with Crippen LogP contribution in [0, 0.1) is 17.1 Å². The minimum absolute atomic E-state index is 0.0435. The average Bonchev–Trinajstić information content (AvgIpc) is 3.52. The van der Waals surface area contributed by atoms with E-state index in [9.17, 15) is 19.4 Å². The number of aliphatic hydroxyl groups excluding tert-OH is 2. The molecule has 8 nitrogen and oxygen atoms in total. The van der Waals surface area contributed by atoms with E-state index in [4.69, 9.17) is 11.0 Å². The third kappa shape index (κ3) is 4.99. The molecule has 1 amide bonds. The second kappa shape index (κ2) is 10.4. The molecule has 0 bridgehead atoms. The lowest BCUT2D eigenvalue weighted by Gasteiger charge is -2.30. The van der Waals surface area contributed by atoms with E-state index in [1.54, 1.807) is 27.9 Å². The van der Waals surface area contributed by atoms with E-state index in [1.165, 1.54) is 23.5 Å². The van der Waals surface area contributed by atoms with Crippen molar-refractivity contribution in [3.63, 3.8) is 0 Å². The Morgan fingerprint density at radius 2 is 2.08 bits per heavy atom. The summed E-state index contributed by atoms with van der Waals surface area (Å²) in [5.41, 5.74) is 8.94. The van der Waals surface area contributed by atoms with Crippen molar-refractivity contribution in [3.8, 4) is 27.6 Å². The van der Waals surface area contributed by atoms with Gasteiger partial charge in [0.1, 0.15) is 11.9 Å². The number of thiophene rings is 1. The number of hydrogen-bond acceptors (Lipinski definition) is 7. The van der Waals surface area contributed by atoms with Gasteiger partial charge in [0.15, 0.2) is 0 Å². The average molecular weight is 520 g/mol. The maximum absolute atomic E-state index is 14.6. The Bertz CT molecular complexity index is 1510. The lowest BCUT2D eigenvalue weighted by molar-refractivity contribution is 0.0713. The van der Waals surface area contributed by atoms with Crippen molar-refractivity contribution >= 4 is 28.1 Å². The Morgan fingerprint density at radius 3 is 2.81 bits per heavy atom. The van der Waals surface area contributed by atoms with Gasteiger partial charge in [0.25, 0.3) is 5.91 Å². The number of piperidine rings is 1. The van der Waals surface area contributed by atoms with Crippen molar-refractivity contribution in [2.75, 3.05) is 19.7 Å². The molecule has 190 valence electrons. The maximum atomic E-state index is 14.6. The lowest BCUT2D eigenvalue weighted by Crippen LogP contribution is -2.45. The molecule has 0 saturated carbocycles. The summed E-state index contributed by atoms with van der Waals surface area (Å²) in [6, 6.07) is 13.7. The molecule has 1 unspecified atom stereocenters. The molecule has 0 spiro atoms. The molecule has 2 atom stereocenters. The summed E-state index contributed by atoms with van der Waals surface area (Å²) < 4.78 is 16.2. The Kier molecular flexibility index (Phi) is 7.04. The van der Waals surface area contributed by atoms with E-state index in [1.807, 2.05) is 24.3 Å². The molecule has 0 radical (unpaired) electrons. The molecule has 10 heteroatoms. The predicted octanol–water partition coefficient (Wildman–Crippen LogP) is 3.36. The third-order valence-corrected chi connectivity index (χ3v) is 7.76. The summed E-state index contributed by atoms with van der Waals surface area (Å²) in [6.45, 7) is 0.936. The van der Waals surface area contributed by atoms with Gasteiger partial charge >= 0.3 is 0 Å². The molecule has 37 heavy (non-hydrogen) atoms. The fraction of sp³-hybridized carbons (Fsp3) is 0.296. The zero-order chi connectivity index (χ0) is 26.1. The molecule has 0 aliphatic carbocycles. The van der Waals surface area contributed by atoms with Gasteiger partial charge in [-0.1, -0.05) is 12.1 Å². The number of halogens is 1. The number of nitrogens with two attached hydrogens (primary N) is 1. The van der Waals surface area contributed by atoms with Crippen molar-refractivity contribution in [1.29, 1.82) is 5.26 Å². The third-order valence-electron chi connectivity index (χ3n) is 6.59. The van der Waals surface area contributed by atoms with Crippen LogP contribution < -0.4 is 5.73 Å². The molecule has 3 heterocycles. The molecule has 2 aromatic carbocycles. The second-order valence-corrected chi connectivity index (χ2v) is 10.3. The van der Waals surface area contributed by atoms with Crippen molar-refractivity contribution in [1.82, 2.24) is 14.7 Å². The summed E-state index contributed by atoms with van der Waals surface area (Å²) in [5, 5.41) is 33.3. The topological polar surface area (TPSA) is 128 Å². The van der Waals surface area contributed by atoms with Crippen LogP contribution in [-0.2, 0) is 6.54 Å². The Labute approximate surface area is 217 Å².